The number of ether oxygens (including phenoxy) is 1. The lowest BCUT2D eigenvalue weighted by Crippen LogP contribution is -2.45. The Morgan fingerprint density at radius 2 is 2.04 bits per heavy atom. The van der Waals surface area contributed by atoms with Crippen molar-refractivity contribution in [2.24, 2.45) is 0 Å². The maximum atomic E-state index is 12.5. The van der Waals surface area contributed by atoms with Crippen LogP contribution >= 0.6 is 0 Å². The first kappa shape index (κ1) is 16.8. The average molecular weight is 315 g/mol. The molecule has 6 heteroatoms. The van der Waals surface area contributed by atoms with Gasteiger partial charge in [-0.1, -0.05) is 12.1 Å². The Kier molecular flexibility index (Phi) is 4.89. The molecule has 1 atom stereocenters. The van der Waals surface area contributed by atoms with Gasteiger partial charge in [-0.25, -0.2) is 4.79 Å². The van der Waals surface area contributed by atoms with E-state index in [1.54, 1.807) is 45.0 Å². The molecule has 0 spiro atoms. The van der Waals surface area contributed by atoms with Gasteiger partial charge in [0.15, 0.2) is 0 Å². The Balaban J connectivity index is 2.09. The summed E-state index contributed by atoms with van der Waals surface area (Å²) in [5.74, 6) is -0.295. The number of nitrogens with one attached hydrogen (secondary N) is 1. The van der Waals surface area contributed by atoms with Gasteiger partial charge < -0.3 is 10.1 Å². The number of para-hydroxylation sites is 1. The third kappa shape index (κ3) is 4.22. The van der Waals surface area contributed by atoms with Crippen LogP contribution in [0.25, 0.3) is 0 Å². The molecular weight excluding hydrogens is 294 g/mol. The van der Waals surface area contributed by atoms with Gasteiger partial charge in [0.1, 0.15) is 17.7 Å². The second-order valence-electron chi connectivity index (χ2n) is 6.48. The number of anilines is 1. The van der Waals surface area contributed by atoms with E-state index in [1.807, 2.05) is 6.07 Å². The van der Waals surface area contributed by atoms with E-state index in [0.717, 1.165) is 6.42 Å². The zero-order chi connectivity index (χ0) is 17.0. The molecule has 1 aliphatic rings. The molecule has 6 nitrogen and oxygen atoms in total. The van der Waals surface area contributed by atoms with Crippen molar-refractivity contribution in [2.45, 2.75) is 45.3 Å². The maximum Gasteiger partial charge on any atom is 0.410 e. The van der Waals surface area contributed by atoms with Gasteiger partial charge in [-0.15, -0.1) is 0 Å². The lowest BCUT2D eigenvalue weighted by molar-refractivity contribution is -0.120. The van der Waals surface area contributed by atoms with Gasteiger partial charge in [-0.05, 0) is 45.7 Å². The van der Waals surface area contributed by atoms with Crippen LogP contribution in [0.1, 0.15) is 39.2 Å². The van der Waals surface area contributed by atoms with Gasteiger partial charge in [-0.2, -0.15) is 5.26 Å². The highest BCUT2D eigenvalue weighted by molar-refractivity contribution is 5.97. The highest BCUT2D eigenvalue weighted by atomic mass is 16.6. The number of carbonyl (C=O) groups is 2. The lowest BCUT2D eigenvalue weighted by atomic mass is 10.1. The van der Waals surface area contributed by atoms with E-state index < -0.39 is 17.7 Å². The van der Waals surface area contributed by atoms with Crippen LogP contribution in [0.15, 0.2) is 24.3 Å². The predicted octanol–water partition coefficient (Wildman–Crippen LogP) is 2.90. The fourth-order valence-electron chi connectivity index (χ4n) is 2.48. The molecule has 122 valence electrons. The van der Waals surface area contributed by atoms with Gasteiger partial charge in [0.25, 0.3) is 0 Å². The molecule has 0 aliphatic carbocycles. The minimum atomic E-state index is -0.603. The Hall–Kier alpha value is -2.55. The zero-order valence-corrected chi connectivity index (χ0v) is 13.6. The number of benzene rings is 1. The topological polar surface area (TPSA) is 82.4 Å². The summed E-state index contributed by atoms with van der Waals surface area (Å²) in [6, 6.07) is 8.25. The Labute approximate surface area is 136 Å². The van der Waals surface area contributed by atoms with Crippen molar-refractivity contribution in [2.75, 3.05) is 11.9 Å². The number of amides is 2. The summed E-state index contributed by atoms with van der Waals surface area (Å²) in [6.45, 7) is 5.87. The summed E-state index contributed by atoms with van der Waals surface area (Å²) >= 11 is 0. The summed E-state index contributed by atoms with van der Waals surface area (Å²) in [5, 5.41) is 11.8. The summed E-state index contributed by atoms with van der Waals surface area (Å²) in [4.78, 5) is 26.2. The number of nitrogens with zero attached hydrogens (tertiary/aromatic N) is 2. The largest absolute Gasteiger partial charge is 0.444 e. The van der Waals surface area contributed by atoms with Crippen molar-refractivity contribution in [1.29, 1.82) is 5.26 Å². The fraction of sp³-hybridized carbons (Fsp3) is 0.471. The summed E-state index contributed by atoms with van der Waals surface area (Å²) in [7, 11) is 0. The van der Waals surface area contributed by atoms with E-state index in [1.165, 1.54) is 4.90 Å². The van der Waals surface area contributed by atoms with Crippen molar-refractivity contribution in [3.8, 4) is 6.07 Å². The summed E-state index contributed by atoms with van der Waals surface area (Å²) < 4.78 is 5.35. The molecular formula is C17H21N3O3. The van der Waals surface area contributed by atoms with Crippen molar-refractivity contribution in [3.05, 3.63) is 29.8 Å². The van der Waals surface area contributed by atoms with Gasteiger partial charge >= 0.3 is 6.09 Å². The van der Waals surface area contributed by atoms with Crippen LogP contribution < -0.4 is 5.32 Å². The lowest BCUT2D eigenvalue weighted by Gasteiger charge is -2.28. The number of hydrogen-bond acceptors (Lipinski definition) is 4. The van der Waals surface area contributed by atoms with Crippen molar-refractivity contribution in [1.82, 2.24) is 4.90 Å². The van der Waals surface area contributed by atoms with Gasteiger partial charge in [0, 0.05) is 6.54 Å². The van der Waals surface area contributed by atoms with Crippen LogP contribution in [0.5, 0.6) is 0 Å². The number of nitriles is 1. The molecule has 1 saturated heterocycles. The van der Waals surface area contributed by atoms with E-state index in [-0.39, 0.29) is 5.91 Å². The van der Waals surface area contributed by atoms with Crippen LogP contribution in [0.2, 0.25) is 0 Å². The minimum absolute atomic E-state index is 0.295. The number of carbonyl (C=O) groups excluding carboxylic acids is 2. The van der Waals surface area contributed by atoms with Crippen molar-refractivity contribution in [3.63, 3.8) is 0 Å². The fourth-order valence-corrected chi connectivity index (χ4v) is 2.48. The SMILES string of the molecule is CC(C)(C)OC(=O)N1CCC[C@@H]1C(=O)Nc1ccccc1C#N. The molecule has 1 N–H and O–H groups in total. The van der Waals surface area contributed by atoms with Crippen molar-refractivity contribution >= 4 is 17.7 Å². The van der Waals surface area contributed by atoms with Gasteiger partial charge in [-0.3, -0.25) is 9.69 Å². The smallest absolute Gasteiger partial charge is 0.410 e. The van der Waals surface area contributed by atoms with Gasteiger partial charge in [0.2, 0.25) is 5.91 Å². The Morgan fingerprint density at radius 1 is 1.35 bits per heavy atom. The molecule has 0 saturated carbocycles. The molecule has 1 aliphatic heterocycles. The highest BCUT2D eigenvalue weighted by Gasteiger charge is 2.36. The predicted molar refractivity (Wildman–Crippen MR) is 85.7 cm³/mol. The normalized spacial score (nSPS) is 17.5. The molecule has 0 radical (unpaired) electrons. The molecule has 1 fully saturated rings. The van der Waals surface area contributed by atoms with Crippen molar-refractivity contribution < 1.29 is 14.3 Å². The summed E-state index contributed by atoms with van der Waals surface area (Å²) in [6.07, 6.45) is 0.848. The third-order valence-electron chi connectivity index (χ3n) is 3.49. The highest BCUT2D eigenvalue weighted by Crippen LogP contribution is 2.23. The van der Waals surface area contributed by atoms with Crippen LogP contribution in [0, 0.1) is 11.3 Å². The second kappa shape index (κ2) is 6.69. The van der Waals surface area contributed by atoms with E-state index >= 15 is 0 Å². The molecule has 0 bridgehead atoms. The van der Waals surface area contributed by atoms with E-state index in [4.69, 9.17) is 10.00 Å². The van der Waals surface area contributed by atoms with Crippen LogP contribution in [0.4, 0.5) is 10.5 Å². The second-order valence-corrected chi connectivity index (χ2v) is 6.48. The first-order valence-electron chi connectivity index (χ1n) is 7.61. The summed E-state index contributed by atoms with van der Waals surface area (Å²) in [5.41, 5.74) is 0.243. The molecule has 0 unspecified atom stereocenters. The molecule has 1 heterocycles. The first-order chi connectivity index (χ1) is 10.8. The number of likely N-dealkylation sites (tertiary alicyclic amines) is 1. The average Bonchev–Trinajstić information content (AvgIpc) is 2.95. The molecule has 2 rings (SSSR count). The van der Waals surface area contributed by atoms with E-state index in [9.17, 15) is 9.59 Å². The molecule has 2 amide bonds. The number of hydrogen-bond donors (Lipinski definition) is 1. The standard InChI is InChI=1S/C17H21N3O3/c1-17(2,3)23-16(22)20-10-6-9-14(20)15(21)19-13-8-5-4-7-12(13)11-18/h4-5,7-8,14H,6,9-10H2,1-3H3,(H,19,21)/t14-/m1/s1. The molecule has 1 aromatic rings. The molecule has 1 aromatic carbocycles. The van der Waals surface area contributed by atoms with Crippen LogP contribution in [-0.2, 0) is 9.53 Å². The van der Waals surface area contributed by atoms with E-state index in [2.05, 4.69) is 5.32 Å². The molecule has 0 aromatic heterocycles. The molecule has 23 heavy (non-hydrogen) atoms. The first-order valence-corrected chi connectivity index (χ1v) is 7.61. The monoisotopic (exact) mass is 315 g/mol. The minimum Gasteiger partial charge on any atom is -0.444 e. The zero-order valence-electron chi connectivity index (χ0n) is 13.6. The quantitative estimate of drug-likeness (QED) is 0.909. The van der Waals surface area contributed by atoms with Gasteiger partial charge in [0.05, 0.1) is 11.3 Å². The Bertz CT molecular complexity index is 643. The van der Waals surface area contributed by atoms with Crippen LogP contribution in [-0.4, -0.2) is 35.1 Å². The third-order valence-corrected chi connectivity index (χ3v) is 3.49. The van der Waals surface area contributed by atoms with Crippen LogP contribution in [0.3, 0.4) is 0 Å². The van der Waals surface area contributed by atoms with E-state index in [0.29, 0.717) is 24.2 Å². The Morgan fingerprint density at radius 3 is 2.70 bits per heavy atom. The number of rotatable bonds is 2. The maximum absolute atomic E-state index is 12.5.